The summed E-state index contributed by atoms with van der Waals surface area (Å²) in [5.74, 6) is 0.0491. The molecule has 1 aromatic rings. The van der Waals surface area contributed by atoms with Gasteiger partial charge in [-0.05, 0) is 68.6 Å². The number of rotatable bonds is 5. The predicted molar refractivity (Wildman–Crippen MR) is 106 cm³/mol. The summed E-state index contributed by atoms with van der Waals surface area (Å²) in [5.41, 5.74) is -0.410. The van der Waals surface area contributed by atoms with E-state index < -0.39 is 11.2 Å². The Hall–Kier alpha value is -2.44. The van der Waals surface area contributed by atoms with Crippen LogP contribution in [0.4, 0.5) is 10.1 Å². The molecule has 4 fully saturated rings. The number of hydrogen-bond donors (Lipinski definition) is 2. The smallest absolute Gasteiger partial charge is 0.243 e. The second-order valence-electron chi connectivity index (χ2n) is 9.42. The molecule has 2 N–H and O–H groups in total. The van der Waals surface area contributed by atoms with E-state index in [4.69, 9.17) is 0 Å². The summed E-state index contributed by atoms with van der Waals surface area (Å²) < 4.78 is 13.3. The van der Waals surface area contributed by atoms with Gasteiger partial charge in [-0.15, -0.1) is 0 Å². The quantitative estimate of drug-likeness (QED) is 0.796. The zero-order valence-corrected chi connectivity index (χ0v) is 17.0. The number of halogens is 1. The number of nitrogens with zero attached hydrogens (tertiary/aromatic N) is 1. The van der Waals surface area contributed by atoms with Crippen molar-refractivity contribution in [2.24, 2.45) is 17.3 Å². The highest BCUT2D eigenvalue weighted by Gasteiger charge is 2.61. The highest BCUT2D eigenvalue weighted by atomic mass is 19.1. The van der Waals surface area contributed by atoms with Crippen LogP contribution in [0.3, 0.4) is 0 Å². The number of amides is 3. The monoisotopic (exact) mass is 401 g/mol. The molecule has 0 aromatic heterocycles. The molecule has 2 atom stereocenters. The molecular weight excluding hydrogens is 373 g/mol. The van der Waals surface area contributed by atoms with Gasteiger partial charge in [0.25, 0.3) is 0 Å². The first-order valence-corrected chi connectivity index (χ1v) is 10.3. The van der Waals surface area contributed by atoms with Gasteiger partial charge in [-0.25, -0.2) is 4.39 Å². The van der Waals surface area contributed by atoms with Gasteiger partial charge in [0.05, 0.1) is 12.0 Å². The standard InChI is InChI=1S/C22H28FN3O3/c1-14(27)25-22-10-15-6-16(11-22)9-21(8-15,13-22)20(29)26(2)12-19(28)24-18-5-3-4-17(23)7-18/h3-5,7,15-16H,6,8-13H2,1-2H3,(H,24,28)(H,25,27)/t15-,16-,21?,22?/m1/s1. The molecule has 29 heavy (non-hydrogen) atoms. The number of hydrogen-bond acceptors (Lipinski definition) is 3. The molecule has 5 rings (SSSR count). The maximum absolute atomic E-state index is 13.4. The van der Waals surface area contributed by atoms with Crippen LogP contribution in [0, 0.1) is 23.1 Å². The third-order valence-corrected chi connectivity index (χ3v) is 6.79. The van der Waals surface area contributed by atoms with Gasteiger partial charge in [0.15, 0.2) is 0 Å². The Morgan fingerprint density at radius 2 is 1.86 bits per heavy atom. The van der Waals surface area contributed by atoms with Gasteiger partial charge < -0.3 is 15.5 Å². The highest BCUT2D eigenvalue weighted by Crippen LogP contribution is 2.62. The van der Waals surface area contributed by atoms with Gasteiger partial charge in [0.2, 0.25) is 17.7 Å². The van der Waals surface area contributed by atoms with Crippen LogP contribution in [0.5, 0.6) is 0 Å². The number of likely N-dealkylation sites (N-methyl/N-ethyl adjacent to an activating group) is 1. The highest BCUT2D eigenvalue weighted by molar-refractivity contribution is 5.95. The average Bonchev–Trinajstić information content (AvgIpc) is 2.58. The van der Waals surface area contributed by atoms with E-state index >= 15 is 0 Å². The summed E-state index contributed by atoms with van der Waals surface area (Å²) in [5, 5.41) is 5.81. The van der Waals surface area contributed by atoms with Crippen molar-refractivity contribution in [1.29, 1.82) is 0 Å². The lowest BCUT2D eigenvalue weighted by atomic mass is 9.46. The van der Waals surface area contributed by atoms with Crippen LogP contribution in [0.1, 0.15) is 45.4 Å². The van der Waals surface area contributed by atoms with Gasteiger partial charge >= 0.3 is 0 Å². The molecule has 156 valence electrons. The number of benzene rings is 1. The summed E-state index contributed by atoms with van der Waals surface area (Å²) >= 11 is 0. The summed E-state index contributed by atoms with van der Waals surface area (Å²) in [4.78, 5) is 39.1. The van der Waals surface area contributed by atoms with Crippen LogP contribution in [0.15, 0.2) is 24.3 Å². The minimum absolute atomic E-state index is 0.0179. The molecular formula is C22H28FN3O3. The first-order chi connectivity index (χ1) is 13.7. The number of carbonyl (C=O) groups is 3. The van der Waals surface area contributed by atoms with Gasteiger partial charge in [0, 0.05) is 25.2 Å². The van der Waals surface area contributed by atoms with E-state index in [1.807, 2.05) is 0 Å². The first-order valence-electron chi connectivity index (χ1n) is 10.3. The molecule has 0 heterocycles. The minimum Gasteiger partial charge on any atom is -0.351 e. The Labute approximate surface area is 170 Å². The third-order valence-electron chi connectivity index (χ3n) is 6.79. The normalized spacial score (nSPS) is 32.0. The third kappa shape index (κ3) is 3.87. The van der Waals surface area contributed by atoms with Crippen molar-refractivity contribution in [2.75, 3.05) is 18.9 Å². The number of anilines is 1. The topological polar surface area (TPSA) is 78.5 Å². The maximum Gasteiger partial charge on any atom is 0.243 e. The molecule has 6 nitrogen and oxygen atoms in total. The van der Waals surface area contributed by atoms with Crippen molar-refractivity contribution in [1.82, 2.24) is 10.2 Å². The molecule has 4 aliphatic carbocycles. The van der Waals surface area contributed by atoms with Crippen molar-refractivity contribution in [3.8, 4) is 0 Å². The summed E-state index contributed by atoms with van der Waals surface area (Å²) in [6.07, 6.45) is 5.34. The van der Waals surface area contributed by atoms with Crippen LogP contribution in [-0.4, -0.2) is 41.8 Å². The van der Waals surface area contributed by atoms with Crippen LogP contribution < -0.4 is 10.6 Å². The lowest BCUT2D eigenvalue weighted by molar-refractivity contribution is -0.162. The SMILES string of the molecule is CC(=O)NC12C[C@@H]3C[C@@H](C1)CC(C(=O)N(C)CC(=O)Nc1cccc(F)c1)(C3)C2. The fraction of sp³-hybridized carbons (Fsp3) is 0.591. The zero-order valence-electron chi connectivity index (χ0n) is 17.0. The van der Waals surface area contributed by atoms with Crippen molar-refractivity contribution < 1.29 is 18.8 Å². The molecule has 4 saturated carbocycles. The Morgan fingerprint density at radius 3 is 2.48 bits per heavy atom. The van der Waals surface area contributed by atoms with E-state index in [0.717, 1.165) is 32.1 Å². The maximum atomic E-state index is 13.4. The fourth-order valence-corrected chi connectivity index (χ4v) is 6.49. The zero-order chi connectivity index (χ0) is 20.8. The van der Waals surface area contributed by atoms with E-state index in [1.54, 1.807) is 13.1 Å². The molecule has 0 saturated heterocycles. The molecule has 7 heteroatoms. The predicted octanol–water partition coefficient (Wildman–Crippen LogP) is 2.70. The van der Waals surface area contributed by atoms with Gasteiger partial charge in [-0.3, -0.25) is 14.4 Å². The lowest BCUT2D eigenvalue weighted by Crippen LogP contribution is -2.66. The Kier molecular flexibility index (Phi) is 4.87. The fourth-order valence-electron chi connectivity index (χ4n) is 6.49. The second-order valence-corrected chi connectivity index (χ2v) is 9.42. The Balaban J connectivity index is 1.45. The molecule has 0 spiro atoms. The van der Waals surface area contributed by atoms with Gasteiger partial charge in [0.1, 0.15) is 5.82 Å². The molecule has 4 aliphatic rings. The molecule has 0 radical (unpaired) electrons. The van der Waals surface area contributed by atoms with E-state index in [-0.39, 0.29) is 29.8 Å². The largest absolute Gasteiger partial charge is 0.351 e. The molecule has 4 bridgehead atoms. The molecule has 0 aliphatic heterocycles. The lowest BCUT2D eigenvalue weighted by Gasteiger charge is -2.61. The van der Waals surface area contributed by atoms with Crippen molar-refractivity contribution >= 4 is 23.4 Å². The van der Waals surface area contributed by atoms with Gasteiger partial charge in [-0.2, -0.15) is 0 Å². The average molecular weight is 401 g/mol. The Morgan fingerprint density at radius 1 is 1.17 bits per heavy atom. The van der Waals surface area contributed by atoms with E-state index in [1.165, 1.54) is 30.0 Å². The van der Waals surface area contributed by atoms with Gasteiger partial charge in [-0.1, -0.05) is 6.07 Å². The van der Waals surface area contributed by atoms with E-state index in [0.29, 0.717) is 23.9 Å². The summed E-state index contributed by atoms with van der Waals surface area (Å²) in [6.45, 7) is 1.45. The van der Waals surface area contributed by atoms with Crippen LogP contribution in [0.2, 0.25) is 0 Å². The molecule has 3 amide bonds. The van der Waals surface area contributed by atoms with Crippen molar-refractivity contribution in [2.45, 2.75) is 51.0 Å². The molecule has 0 unspecified atom stereocenters. The Bertz CT molecular complexity index is 841. The van der Waals surface area contributed by atoms with E-state index in [2.05, 4.69) is 10.6 Å². The van der Waals surface area contributed by atoms with Crippen LogP contribution >= 0.6 is 0 Å². The van der Waals surface area contributed by atoms with Crippen LogP contribution in [0.25, 0.3) is 0 Å². The first kappa shape index (κ1) is 19.9. The van der Waals surface area contributed by atoms with Crippen molar-refractivity contribution in [3.05, 3.63) is 30.1 Å². The van der Waals surface area contributed by atoms with Crippen LogP contribution in [-0.2, 0) is 14.4 Å². The molecule has 1 aromatic carbocycles. The minimum atomic E-state index is -0.500. The number of nitrogens with one attached hydrogen (secondary N) is 2. The summed E-state index contributed by atoms with van der Waals surface area (Å²) in [6, 6.07) is 5.69. The van der Waals surface area contributed by atoms with Crippen molar-refractivity contribution in [3.63, 3.8) is 0 Å². The number of carbonyl (C=O) groups excluding carboxylic acids is 3. The summed E-state index contributed by atoms with van der Waals surface area (Å²) in [7, 11) is 1.65. The van der Waals surface area contributed by atoms with E-state index in [9.17, 15) is 18.8 Å². The second kappa shape index (κ2) is 7.11.